The van der Waals surface area contributed by atoms with Gasteiger partial charge in [0.1, 0.15) is 11.1 Å². The van der Waals surface area contributed by atoms with Crippen LogP contribution in [-0.2, 0) is 10.2 Å². The fourth-order valence-corrected chi connectivity index (χ4v) is 3.12. The normalized spacial score (nSPS) is 23.0. The van der Waals surface area contributed by atoms with Crippen molar-refractivity contribution in [3.05, 3.63) is 16.1 Å². The summed E-state index contributed by atoms with van der Waals surface area (Å²) < 4.78 is 5.81. The monoisotopic (exact) mass is 279 g/mol. The van der Waals surface area contributed by atoms with Gasteiger partial charge < -0.3 is 4.74 Å². The summed E-state index contributed by atoms with van der Waals surface area (Å²) in [5, 5.41) is 12.2. The van der Waals surface area contributed by atoms with Crippen LogP contribution in [0.1, 0.15) is 44.5 Å². The molecule has 4 nitrogen and oxygen atoms in total. The minimum atomic E-state index is -0.0616. The highest BCUT2D eigenvalue weighted by molar-refractivity contribution is 7.09. The molecule has 0 amide bonds. The Morgan fingerprint density at radius 3 is 2.89 bits per heavy atom. The number of thiazole rings is 1. The Kier molecular flexibility index (Phi) is 4.24. The first-order valence-corrected chi connectivity index (χ1v) is 7.51. The maximum Gasteiger partial charge on any atom is 0.123 e. The first-order valence-electron chi connectivity index (χ1n) is 6.63. The Hall–Kier alpha value is -0.960. The summed E-state index contributed by atoms with van der Waals surface area (Å²) in [6.45, 7) is 10.7. The molecule has 2 rings (SSSR count). The first kappa shape index (κ1) is 14.4. The molecule has 0 spiro atoms. The van der Waals surface area contributed by atoms with Crippen molar-refractivity contribution in [1.29, 1.82) is 5.26 Å². The quantitative estimate of drug-likeness (QED) is 0.835. The molecule has 104 valence electrons. The van der Waals surface area contributed by atoms with E-state index in [0.29, 0.717) is 6.61 Å². The van der Waals surface area contributed by atoms with Gasteiger partial charge in [0.05, 0.1) is 24.4 Å². The van der Waals surface area contributed by atoms with E-state index < -0.39 is 0 Å². The van der Waals surface area contributed by atoms with Gasteiger partial charge in [0.15, 0.2) is 0 Å². The number of hydrogen-bond donors (Lipinski definition) is 0. The molecular weight excluding hydrogens is 258 g/mol. The molecule has 0 bridgehead atoms. The van der Waals surface area contributed by atoms with Crippen molar-refractivity contribution in [2.75, 3.05) is 19.7 Å². The van der Waals surface area contributed by atoms with E-state index in [1.165, 1.54) is 0 Å². The van der Waals surface area contributed by atoms with Crippen molar-refractivity contribution in [3.63, 3.8) is 0 Å². The Bertz CT molecular complexity index is 472. The van der Waals surface area contributed by atoms with Gasteiger partial charge in [-0.1, -0.05) is 20.8 Å². The zero-order valence-corrected chi connectivity index (χ0v) is 12.8. The number of ether oxygens (including phenoxy) is 1. The molecule has 1 saturated heterocycles. The van der Waals surface area contributed by atoms with E-state index in [4.69, 9.17) is 15.0 Å². The second-order valence-electron chi connectivity index (χ2n) is 5.98. The molecule has 0 radical (unpaired) electrons. The molecule has 1 fully saturated rings. The van der Waals surface area contributed by atoms with Gasteiger partial charge >= 0.3 is 0 Å². The molecule has 0 saturated carbocycles. The Balaban J connectivity index is 2.10. The van der Waals surface area contributed by atoms with Gasteiger partial charge in [0.2, 0.25) is 0 Å². The average Bonchev–Trinajstić information content (AvgIpc) is 2.87. The van der Waals surface area contributed by atoms with Gasteiger partial charge in [-0.15, -0.1) is 11.3 Å². The predicted molar refractivity (Wildman–Crippen MR) is 76.2 cm³/mol. The van der Waals surface area contributed by atoms with Crippen LogP contribution >= 0.6 is 11.3 Å². The van der Waals surface area contributed by atoms with Gasteiger partial charge in [-0.05, 0) is 6.92 Å². The fraction of sp³-hybridized carbons (Fsp3) is 0.714. The lowest BCUT2D eigenvalue weighted by molar-refractivity contribution is -0.0360. The molecule has 19 heavy (non-hydrogen) atoms. The van der Waals surface area contributed by atoms with Crippen LogP contribution in [0.3, 0.4) is 0 Å². The van der Waals surface area contributed by atoms with Crippen LogP contribution in [0.2, 0.25) is 0 Å². The molecule has 5 heteroatoms. The van der Waals surface area contributed by atoms with Crippen molar-refractivity contribution in [3.8, 4) is 6.07 Å². The van der Waals surface area contributed by atoms with Gasteiger partial charge in [0.25, 0.3) is 0 Å². The first-order chi connectivity index (χ1) is 8.91. The third-order valence-corrected chi connectivity index (χ3v) is 4.34. The molecule has 0 aromatic carbocycles. The lowest BCUT2D eigenvalue weighted by Gasteiger charge is -2.33. The third-order valence-electron chi connectivity index (χ3n) is 3.40. The highest BCUT2D eigenvalue weighted by Gasteiger charge is 2.28. The van der Waals surface area contributed by atoms with Crippen LogP contribution in [0.4, 0.5) is 0 Å². The number of rotatable bonds is 2. The van der Waals surface area contributed by atoms with E-state index in [2.05, 4.69) is 37.1 Å². The molecule has 0 aliphatic carbocycles. The SMILES string of the molecule is C[C@H](C#N)N1CCO[C@H](c2nc(C(C)(C)C)cs2)C1. The molecule has 2 heterocycles. The summed E-state index contributed by atoms with van der Waals surface area (Å²) in [6, 6.07) is 2.23. The molecule has 1 aromatic rings. The number of nitrogens with zero attached hydrogens (tertiary/aromatic N) is 3. The van der Waals surface area contributed by atoms with Crippen LogP contribution in [0.25, 0.3) is 0 Å². The van der Waals surface area contributed by atoms with Crippen LogP contribution in [0.15, 0.2) is 5.38 Å². The van der Waals surface area contributed by atoms with Crippen LogP contribution < -0.4 is 0 Å². The van der Waals surface area contributed by atoms with Crippen molar-refractivity contribution in [2.24, 2.45) is 0 Å². The van der Waals surface area contributed by atoms with Gasteiger partial charge in [-0.3, -0.25) is 4.90 Å². The van der Waals surface area contributed by atoms with Crippen molar-refractivity contribution >= 4 is 11.3 Å². The average molecular weight is 279 g/mol. The second kappa shape index (κ2) is 5.58. The standard InChI is InChI=1S/C14H21N3OS/c1-10(7-15)17-5-6-18-11(8-17)13-16-12(9-19-13)14(2,3)4/h9-11H,5-6,8H2,1-4H3/t10-,11+/m1/s1. The van der Waals surface area contributed by atoms with Crippen molar-refractivity contribution in [1.82, 2.24) is 9.88 Å². The molecule has 1 aliphatic heterocycles. The minimum absolute atomic E-state index is 0.00523. The number of morpholine rings is 1. The Labute approximate surface area is 119 Å². The molecule has 2 atom stereocenters. The summed E-state index contributed by atoms with van der Waals surface area (Å²) in [6.07, 6.45) is 0.00523. The van der Waals surface area contributed by atoms with E-state index in [0.717, 1.165) is 23.8 Å². The zero-order valence-electron chi connectivity index (χ0n) is 12.0. The summed E-state index contributed by atoms with van der Waals surface area (Å²) in [5.74, 6) is 0. The summed E-state index contributed by atoms with van der Waals surface area (Å²) in [4.78, 5) is 6.87. The van der Waals surface area contributed by atoms with Crippen molar-refractivity contribution in [2.45, 2.75) is 45.3 Å². The van der Waals surface area contributed by atoms with Crippen LogP contribution in [-0.4, -0.2) is 35.6 Å². The molecule has 1 aliphatic rings. The lowest BCUT2D eigenvalue weighted by atomic mass is 9.93. The van der Waals surface area contributed by atoms with E-state index >= 15 is 0 Å². The van der Waals surface area contributed by atoms with Crippen molar-refractivity contribution < 1.29 is 4.74 Å². The topological polar surface area (TPSA) is 49.2 Å². The number of hydrogen-bond acceptors (Lipinski definition) is 5. The van der Waals surface area contributed by atoms with Crippen LogP contribution in [0, 0.1) is 11.3 Å². The van der Waals surface area contributed by atoms with E-state index in [1.54, 1.807) is 11.3 Å². The zero-order chi connectivity index (χ0) is 14.0. The largest absolute Gasteiger partial charge is 0.368 e. The van der Waals surface area contributed by atoms with Gasteiger partial charge in [-0.25, -0.2) is 4.98 Å². The Morgan fingerprint density at radius 1 is 1.58 bits per heavy atom. The molecule has 0 N–H and O–H groups in total. The highest BCUT2D eigenvalue weighted by Crippen LogP contribution is 2.30. The third kappa shape index (κ3) is 3.33. The van der Waals surface area contributed by atoms with Gasteiger partial charge in [0, 0.05) is 23.9 Å². The maximum absolute atomic E-state index is 9.01. The lowest BCUT2D eigenvalue weighted by Crippen LogP contribution is -2.42. The molecular formula is C14H21N3OS. The van der Waals surface area contributed by atoms with Gasteiger partial charge in [-0.2, -0.15) is 5.26 Å². The maximum atomic E-state index is 9.01. The summed E-state index contributed by atoms with van der Waals surface area (Å²) in [7, 11) is 0. The van der Waals surface area contributed by atoms with E-state index in [-0.39, 0.29) is 17.6 Å². The minimum Gasteiger partial charge on any atom is -0.368 e. The summed E-state index contributed by atoms with van der Waals surface area (Å²) in [5.41, 5.74) is 1.19. The Morgan fingerprint density at radius 2 is 2.32 bits per heavy atom. The second-order valence-corrected chi connectivity index (χ2v) is 6.87. The predicted octanol–water partition coefficient (Wildman–Crippen LogP) is 2.73. The fourth-order valence-electron chi connectivity index (χ4n) is 2.03. The smallest absolute Gasteiger partial charge is 0.123 e. The number of nitriles is 1. The van der Waals surface area contributed by atoms with E-state index in [9.17, 15) is 0 Å². The van der Waals surface area contributed by atoms with Crippen LogP contribution in [0.5, 0.6) is 0 Å². The molecule has 1 aromatic heterocycles. The number of aromatic nitrogens is 1. The molecule has 0 unspecified atom stereocenters. The highest BCUT2D eigenvalue weighted by atomic mass is 32.1. The summed E-state index contributed by atoms with van der Waals surface area (Å²) >= 11 is 1.66. The van der Waals surface area contributed by atoms with E-state index in [1.807, 2.05) is 6.92 Å².